The second-order valence-corrected chi connectivity index (χ2v) is 5.14. The van der Waals surface area contributed by atoms with E-state index in [0.717, 1.165) is 5.56 Å². The van der Waals surface area contributed by atoms with Crippen molar-refractivity contribution < 1.29 is 19.4 Å². The maximum Gasteiger partial charge on any atom is 0.335 e. The molecular weight excluding hydrogens is 306 g/mol. The average molecular weight is 316 g/mol. The van der Waals surface area contributed by atoms with E-state index >= 15 is 0 Å². The molecule has 0 saturated heterocycles. The fourth-order valence-electron chi connectivity index (χ4n) is 2.07. The van der Waals surface area contributed by atoms with Gasteiger partial charge in [-0.2, -0.15) is 0 Å². The smallest absolute Gasteiger partial charge is 0.335 e. The molecule has 1 atom stereocenters. The minimum atomic E-state index is -1.08. The number of ether oxygens (including phenoxy) is 1. The van der Waals surface area contributed by atoms with Crippen LogP contribution in [0.2, 0.25) is 5.02 Å². The van der Waals surface area contributed by atoms with E-state index in [1.165, 1.54) is 12.2 Å². The van der Waals surface area contributed by atoms with Crippen LogP contribution < -0.4 is 0 Å². The molecule has 3 rings (SSSR count). The van der Waals surface area contributed by atoms with E-state index in [9.17, 15) is 9.59 Å². The number of rotatable bonds is 2. The van der Waals surface area contributed by atoms with E-state index in [-0.39, 0.29) is 17.0 Å². The Morgan fingerprint density at radius 1 is 1.32 bits per heavy atom. The van der Waals surface area contributed by atoms with Crippen LogP contribution in [0.4, 0.5) is 0 Å². The Hall–Kier alpha value is -2.66. The second-order valence-electron chi connectivity index (χ2n) is 4.70. The van der Waals surface area contributed by atoms with Crippen LogP contribution in [0.3, 0.4) is 0 Å². The number of carboxylic acid groups (broad SMARTS) is 1. The normalized spacial score (nSPS) is 21.8. The van der Waals surface area contributed by atoms with Crippen molar-refractivity contribution in [1.82, 2.24) is 0 Å². The first-order chi connectivity index (χ1) is 10.5. The molecule has 0 fully saturated rings. The summed E-state index contributed by atoms with van der Waals surface area (Å²) in [7, 11) is 0. The minimum absolute atomic E-state index is 0.0662. The van der Waals surface area contributed by atoms with Crippen molar-refractivity contribution >= 4 is 35.3 Å². The highest BCUT2D eigenvalue weighted by Gasteiger charge is 2.28. The predicted octanol–water partition coefficient (Wildman–Crippen LogP) is 2.63. The van der Waals surface area contributed by atoms with Crippen molar-refractivity contribution in [2.24, 2.45) is 4.99 Å². The van der Waals surface area contributed by atoms with E-state index < -0.39 is 18.0 Å². The predicted molar refractivity (Wildman–Crippen MR) is 81.6 cm³/mol. The molecule has 0 saturated carbocycles. The Kier molecular flexibility index (Phi) is 3.65. The molecule has 0 radical (unpaired) electrons. The van der Waals surface area contributed by atoms with Crippen molar-refractivity contribution in [1.29, 1.82) is 0 Å². The zero-order valence-electron chi connectivity index (χ0n) is 11.2. The first kappa shape index (κ1) is 14.3. The molecule has 1 aromatic rings. The lowest BCUT2D eigenvalue weighted by molar-refractivity contribution is -0.132. The maximum atomic E-state index is 12.0. The molecular formula is C16H10ClNO4. The van der Waals surface area contributed by atoms with Crippen LogP contribution in [0, 0.1) is 0 Å². The molecule has 1 heterocycles. The van der Waals surface area contributed by atoms with Gasteiger partial charge in [-0.25, -0.2) is 9.79 Å². The lowest BCUT2D eigenvalue weighted by Gasteiger charge is -2.23. The van der Waals surface area contributed by atoms with Gasteiger partial charge in [0.1, 0.15) is 0 Å². The zero-order chi connectivity index (χ0) is 15.7. The molecule has 1 amide bonds. The van der Waals surface area contributed by atoms with Crippen LogP contribution in [0.15, 0.2) is 58.8 Å². The summed E-state index contributed by atoms with van der Waals surface area (Å²) >= 11 is 5.81. The van der Waals surface area contributed by atoms with E-state index in [0.29, 0.717) is 5.02 Å². The van der Waals surface area contributed by atoms with E-state index in [2.05, 4.69) is 4.99 Å². The Bertz CT molecular complexity index is 772. The van der Waals surface area contributed by atoms with Crippen LogP contribution in [-0.4, -0.2) is 28.8 Å². The van der Waals surface area contributed by atoms with Gasteiger partial charge in [-0.3, -0.25) is 4.79 Å². The summed E-state index contributed by atoms with van der Waals surface area (Å²) in [4.78, 5) is 26.8. The average Bonchev–Trinajstić information content (AvgIpc) is 2.49. The van der Waals surface area contributed by atoms with Gasteiger partial charge in [-0.15, -0.1) is 0 Å². The number of aliphatic imine (C=N–C) groups is 1. The summed E-state index contributed by atoms with van der Waals surface area (Å²) in [6.45, 7) is 0. The maximum absolute atomic E-state index is 12.0. The van der Waals surface area contributed by atoms with Gasteiger partial charge in [0.25, 0.3) is 0 Å². The quantitative estimate of drug-likeness (QED) is 0.851. The molecule has 0 bridgehead atoms. The summed E-state index contributed by atoms with van der Waals surface area (Å²) in [6.07, 6.45) is 5.35. The zero-order valence-corrected chi connectivity index (χ0v) is 11.9. The third kappa shape index (κ3) is 2.84. The third-order valence-electron chi connectivity index (χ3n) is 3.16. The molecule has 1 aromatic carbocycles. The molecule has 1 aliphatic carbocycles. The SMILES string of the molecule is O=C(O)C1=CC2=NC(=O)/C(=C\c3ccc(Cl)cc3)OC2C=C1. The number of fused-ring (bicyclic) bond motifs is 1. The molecule has 110 valence electrons. The van der Waals surface area contributed by atoms with Gasteiger partial charge >= 0.3 is 11.9 Å². The van der Waals surface area contributed by atoms with Crippen LogP contribution >= 0.6 is 11.6 Å². The van der Waals surface area contributed by atoms with E-state index in [1.807, 2.05) is 0 Å². The summed E-state index contributed by atoms with van der Waals surface area (Å²) in [5, 5.41) is 9.54. The highest BCUT2D eigenvalue weighted by Crippen LogP contribution is 2.23. The highest BCUT2D eigenvalue weighted by atomic mass is 35.5. The molecule has 1 unspecified atom stereocenters. The van der Waals surface area contributed by atoms with Gasteiger partial charge in [0.15, 0.2) is 11.9 Å². The molecule has 6 heteroatoms. The van der Waals surface area contributed by atoms with Gasteiger partial charge in [0, 0.05) is 5.02 Å². The molecule has 0 spiro atoms. The molecule has 1 aliphatic heterocycles. The fourth-order valence-corrected chi connectivity index (χ4v) is 2.20. The second kappa shape index (κ2) is 5.61. The van der Waals surface area contributed by atoms with Crippen LogP contribution in [0.5, 0.6) is 0 Å². The van der Waals surface area contributed by atoms with Crippen molar-refractivity contribution in [3.8, 4) is 0 Å². The number of hydrogen-bond donors (Lipinski definition) is 1. The molecule has 5 nitrogen and oxygen atoms in total. The minimum Gasteiger partial charge on any atom is -0.478 e. The topological polar surface area (TPSA) is 76.0 Å². The standard InChI is InChI=1S/C16H10ClNO4/c17-11-4-1-9(2-5-11)7-14-15(19)18-12-8-10(16(20)21)3-6-13(12)22-14/h1-8,13H,(H,20,21)/b14-7+. The Balaban J connectivity index is 1.90. The third-order valence-corrected chi connectivity index (χ3v) is 3.41. The molecule has 0 aromatic heterocycles. The van der Waals surface area contributed by atoms with E-state index in [4.69, 9.17) is 21.4 Å². The number of nitrogens with zero attached hydrogens (tertiary/aromatic N) is 1. The molecule has 1 N–H and O–H groups in total. The summed E-state index contributed by atoms with van der Waals surface area (Å²) in [5.41, 5.74) is 1.11. The lowest BCUT2D eigenvalue weighted by atomic mass is 10.0. The van der Waals surface area contributed by atoms with Gasteiger partial charge in [0.05, 0.1) is 11.3 Å². The van der Waals surface area contributed by atoms with E-state index in [1.54, 1.807) is 36.4 Å². The highest BCUT2D eigenvalue weighted by molar-refractivity contribution is 6.30. The number of aliphatic carboxylic acids is 1. The Morgan fingerprint density at radius 3 is 2.73 bits per heavy atom. The van der Waals surface area contributed by atoms with Crippen molar-refractivity contribution in [3.05, 3.63) is 64.4 Å². The van der Waals surface area contributed by atoms with Crippen molar-refractivity contribution in [2.45, 2.75) is 6.10 Å². The van der Waals surface area contributed by atoms with Crippen LogP contribution in [0.25, 0.3) is 6.08 Å². The number of carbonyl (C=O) groups excluding carboxylic acids is 1. The van der Waals surface area contributed by atoms with Gasteiger partial charge < -0.3 is 9.84 Å². The van der Waals surface area contributed by atoms with Crippen LogP contribution in [0.1, 0.15) is 5.56 Å². The number of halogens is 1. The first-order valence-corrected chi connectivity index (χ1v) is 6.81. The number of amides is 1. The van der Waals surface area contributed by atoms with Gasteiger partial charge in [-0.1, -0.05) is 23.7 Å². The fraction of sp³-hybridized carbons (Fsp3) is 0.0625. The molecule has 2 aliphatic rings. The van der Waals surface area contributed by atoms with Crippen molar-refractivity contribution in [2.75, 3.05) is 0 Å². The van der Waals surface area contributed by atoms with Gasteiger partial charge in [-0.05, 0) is 42.0 Å². The Morgan fingerprint density at radius 2 is 2.05 bits per heavy atom. The van der Waals surface area contributed by atoms with Crippen molar-refractivity contribution in [3.63, 3.8) is 0 Å². The number of carbonyl (C=O) groups is 2. The largest absolute Gasteiger partial charge is 0.478 e. The van der Waals surface area contributed by atoms with Crippen LogP contribution in [-0.2, 0) is 14.3 Å². The summed E-state index contributed by atoms with van der Waals surface area (Å²) in [5.74, 6) is -1.52. The number of benzene rings is 1. The molecule has 22 heavy (non-hydrogen) atoms. The number of carboxylic acids is 1. The monoisotopic (exact) mass is 315 g/mol. The summed E-state index contributed by atoms with van der Waals surface area (Å²) in [6, 6.07) is 6.92. The Labute approximate surface area is 130 Å². The number of hydrogen-bond acceptors (Lipinski definition) is 3. The van der Waals surface area contributed by atoms with Gasteiger partial charge in [0.2, 0.25) is 0 Å². The lowest BCUT2D eigenvalue weighted by Crippen LogP contribution is -2.31. The first-order valence-electron chi connectivity index (χ1n) is 6.43. The summed E-state index contributed by atoms with van der Waals surface area (Å²) < 4.78 is 5.59.